The van der Waals surface area contributed by atoms with Crippen molar-refractivity contribution in [3.63, 3.8) is 0 Å². The molecule has 100 valence electrons. The van der Waals surface area contributed by atoms with Gasteiger partial charge in [-0.25, -0.2) is 0 Å². The van der Waals surface area contributed by atoms with Crippen molar-refractivity contribution in [2.45, 2.75) is 6.92 Å². The first-order valence-corrected chi connectivity index (χ1v) is 6.40. The maximum atomic E-state index is 11.2. The molecule has 2 aromatic carbocycles. The first kappa shape index (κ1) is 13.7. The molecule has 5 heteroatoms. The highest BCUT2D eigenvalue weighted by molar-refractivity contribution is 9.10. The minimum absolute atomic E-state index is 0.325. The number of ether oxygens (including phenoxy) is 3. The van der Waals surface area contributed by atoms with Gasteiger partial charge in [0.15, 0.2) is 11.5 Å². The lowest BCUT2D eigenvalue weighted by molar-refractivity contribution is -0.132. The Morgan fingerprint density at radius 3 is 2.00 bits per heavy atom. The van der Waals surface area contributed by atoms with Crippen LogP contribution in [0.5, 0.6) is 17.2 Å². The molecule has 0 radical (unpaired) electrons. The van der Waals surface area contributed by atoms with Gasteiger partial charge >= 0.3 is 5.97 Å². The Morgan fingerprint density at radius 2 is 1.53 bits per heavy atom. The van der Waals surface area contributed by atoms with E-state index < -0.39 is 5.97 Å². The van der Waals surface area contributed by atoms with Gasteiger partial charge in [0.2, 0.25) is 0 Å². The molecule has 0 heterocycles. The Kier molecular flexibility index (Phi) is 3.95. The number of esters is 1. The maximum Gasteiger partial charge on any atom is 0.308 e. The van der Waals surface area contributed by atoms with Crippen molar-refractivity contribution in [1.29, 1.82) is 0 Å². The van der Waals surface area contributed by atoms with Crippen molar-refractivity contribution in [3.8, 4) is 17.2 Å². The summed E-state index contributed by atoms with van der Waals surface area (Å²) in [6, 6.07) is 7.59. The van der Waals surface area contributed by atoms with Crippen molar-refractivity contribution >= 4 is 32.7 Å². The predicted octanol–water partition coefficient (Wildman–Crippen LogP) is 3.54. The molecule has 2 aromatic rings. The summed E-state index contributed by atoms with van der Waals surface area (Å²) < 4.78 is 16.5. The van der Waals surface area contributed by atoms with Crippen LogP contribution in [-0.4, -0.2) is 20.2 Å². The molecule has 2 rings (SSSR count). The third-order valence-corrected chi connectivity index (χ3v) is 3.40. The second-order valence-electron chi connectivity index (χ2n) is 3.85. The fourth-order valence-corrected chi connectivity index (χ4v) is 2.60. The molecule has 0 aliphatic heterocycles. The third kappa shape index (κ3) is 2.38. The van der Waals surface area contributed by atoms with Gasteiger partial charge in [-0.05, 0) is 15.9 Å². The summed E-state index contributed by atoms with van der Waals surface area (Å²) in [5.41, 5.74) is 0. The molecule has 0 unspecified atom stereocenters. The van der Waals surface area contributed by atoms with Crippen LogP contribution in [0.15, 0.2) is 28.7 Å². The van der Waals surface area contributed by atoms with Crippen LogP contribution in [0.2, 0.25) is 0 Å². The zero-order valence-electron chi connectivity index (χ0n) is 10.8. The van der Waals surface area contributed by atoms with Crippen LogP contribution in [0.25, 0.3) is 10.8 Å². The Hall–Kier alpha value is -1.75. The van der Waals surface area contributed by atoms with Crippen LogP contribution in [0.3, 0.4) is 0 Å². The molecule has 0 bridgehead atoms. The number of carbonyl (C=O) groups excluding carboxylic acids is 1. The smallest absolute Gasteiger partial charge is 0.308 e. The van der Waals surface area contributed by atoms with Gasteiger partial charge in [0.1, 0.15) is 10.2 Å². The first-order chi connectivity index (χ1) is 9.10. The molecule has 0 spiro atoms. The summed E-state index contributed by atoms with van der Waals surface area (Å²) in [4.78, 5) is 11.2. The number of methoxy groups -OCH3 is 2. The second-order valence-corrected chi connectivity index (χ2v) is 4.64. The average Bonchev–Trinajstić information content (AvgIpc) is 2.39. The van der Waals surface area contributed by atoms with Crippen LogP contribution in [0, 0.1) is 0 Å². The maximum absolute atomic E-state index is 11.2. The molecule has 0 amide bonds. The molecule has 0 atom stereocenters. The van der Waals surface area contributed by atoms with Gasteiger partial charge in [0, 0.05) is 17.7 Å². The second kappa shape index (κ2) is 5.48. The number of hydrogen-bond donors (Lipinski definition) is 0. The van der Waals surface area contributed by atoms with E-state index in [4.69, 9.17) is 14.2 Å². The predicted molar refractivity (Wildman–Crippen MR) is 76.1 cm³/mol. The lowest BCUT2D eigenvalue weighted by Crippen LogP contribution is -2.05. The van der Waals surface area contributed by atoms with E-state index in [2.05, 4.69) is 15.9 Å². The number of fused-ring (bicyclic) bond motifs is 1. The standard InChI is InChI=1S/C14H13BrO4/c1-8(16)19-14-11(15)12(17-2)9-6-4-5-7-10(9)13(14)18-3/h4-7H,1-3H3. The van der Waals surface area contributed by atoms with E-state index in [-0.39, 0.29) is 0 Å². The van der Waals surface area contributed by atoms with Gasteiger partial charge in [-0.2, -0.15) is 0 Å². The molecule has 0 fully saturated rings. The molecule has 0 saturated carbocycles. The van der Waals surface area contributed by atoms with Gasteiger partial charge < -0.3 is 14.2 Å². The van der Waals surface area contributed by atoms with Crippen molar-refractivity contribution in [1.82, 2.24) is 0 Å². The van der Waals surface area contributed by atoms with Gasteiger partial charge in [0.05, 0.1) is 14.2 Å². The molecule has 19 heavy (non-hydrogen) atoms. The van der Waals surface area contributed by atoms with Gasteiger partial charge in [-0.3, -0.25) is 4.79 Å². The number of carbonyl (C=O) groups is 1. The Bertz CT molecular complexity index is 637. The average molecular weight is 325 g/mol. The molecule has 0 aliphatic rings. The minimum Gasteiger partial charge on any atom is -0.495 e. The van der Waals surface area contributed by atoms with Crippen LogP contribution >= 0.6 is 15.9 Å². The minimum atomic E-state index is -0.420. The summed E-state index contributed by atoms with van der Waals surface area (Å²) in [6.07, 6.45) is 0. The summed E-state index contributed by atoms with van der Waals surface area (Å²) in [6.45, 7) is 1.34. The number of hydrogen-bond acceptors (Lipinski definition) is 4. The number of halogens is 1. The molecular formula is C14H13BrO4. The van der Waals surface area contributed by atoms with E-state index >= 15 is 0 Å². The zero-order chi connectivity index (χ0) is 14.0. The summed E-state index contributed by atoms with van der Waals surface area (Å²) in [7, 11) is 3.10. The first-order valence-electron chi connectivity index (χ1n) is 5.60. The van der Waals surface area contributed by atoms with Crippen LogP contribution in [0.4, 0.5) is 0 Å². The monoisotopic (exact) mass is 324 g/mol. The van der Waals surface area contributed by atoms with Crippen LogP contribution in [0.1, 0.15) is 6.92 Å². The van der Waals surface area contributed by atoms with E-state index in [1.165, 1.54) is 14.0 Å². The Balaban J connectivity index is 2.86. The Labute approximate surface area is 119 Å². The van der Waals surface area contributed by atoms with Crippen LogP contribution < -0.4 is 14.2 Å². The van der Waals surface area contributed by atoms with Gasteiger partial charge in [0.25, 0.3) is 0 Å². The highest BCUT2D eigenvalue weighted by Gasteiger charge is 2.21. The summed E-state index contributed by atoms with van der Waals surface area (Å²) in [5.74, 6) is 1.01. The largest absolute Gasteiger partial charge is 0.495 e. The fraction of sp³-hybridized carbons (Fsp3) is 0.214. The third-order valence-electron chi connectivity index (χ3n) is 2.68. The highest BCUT2D eigenvalue weighted by atomic mass is 79.9. The number of rotatable bonds is 3. The zero-order valence-corrected chi connectivity index (χ0v) is 12.4. The van der Waals surface area contributed by atoms with Gasteiger partial charge in [-0.15, -0.1) is 0 Å². The molecule has 4 nitrogen and oxygen atoms in total. The van der Waals surface area contributed by atoms with Crippen molar-refractivity contribution in [3.05, 3.63) is 28.7 Å². The van der Waals surface area contributed by atoms with E-state index in [1.54, 1.807) is 7.11 Å². The quantitative estimate of drug-likeness (QED) is 0.639. The lowest BCUT2D eigenvalue weighted by Gasteiger charge is -2.16. The summed E-state index contributed by atoms with van der Waals surface area (Å²) >= 11 is 3.40. The van der Waals surface area contributed by atoms with Crippen molar-refractivity contribution in [2.24, 2.45) is 0 Å². The number of benzene rings is 2. The lowest BCUT2D eigenvalue weighted by atomic mass is 10.1. The highest BCUT2D eigenvalue weighted by Crippen LogP contribution is 2.48. The van der Waals surface area contributed by atoms with E-state index in [9.17, 15) is 4.79 Å². The molecule has 0 aromatic heterocycles. The van der Waals surface area contributed by atoms with E-state index in [0.717, 1.165) is 10.8 Å². The Morgan fingerprint density at radius 1 is 1.00 bits per heavy atom. The van der Waals surface area contributed by atoms with Gasteiger partial charge in [-0.1, -0.05) is 24.3 Å². The van der Waals surface area contributed by atoms with Crippen molar-refractivity contribution < 1.29 is 19.0 Å². The molecule has 0 N–H and O–H groups in total. The topological polar surface area (TPSA) is 44.8 Å². The SMILES string of the molecule is COc1c(Br)c(OC(C)=O)c(OC)c2ccccc12. The molecule has 0 saturated heterocycles. The summed E-state index contributed by atoms with van der Waals surface area (Å²) in [5, 5.41) is 1.70. The molecular weight excluding hydrogens is 312 g/mol. The van der Waals surface area contributed by atoms with Crippen LogP contribution in [-0.2, 0) is 4.79 Å². The van der Waals surface area contributed by atoms with Crippen molar-refractivity contribution in [2.75, 3.05) is 14.2 Å². The normalized spacial score (nSPS) is 10.3. The van der Waals surface area contributed by atoms with E-state index in [1.807, 2.05) is 24.3 Å². The van der Waals surface area contributed by atoms with E-state index in [0.29, 0.717) is 21.7 Å². The fourth-order valence-electron chi connectivity index (χ4n) is 1.96. The molecule has 0 aliphatic carbocycles.